The van der Waals surface area contributed by atoms with Gasteiger partial charge in [-0.1, -0.05) is 16.1 Å². The molecule has 2 aromatic rings. The van der Waals surface area contributed by atoms with Crippen LogP contribution >= 0.6 is 23.1 Å². The minimum Gasteiger partial charge on any atom is -0.268 e. The molecule has 8 nitrogen and oxygen atoms in total. The van der Waals surface area contributed by atoms with Gasteiger partial charge in [0.05, 0.1) is 16.0 Å². The van der Waals surface area contributed by atoms with Gasteiger partial charge in [0.2, 0.25) is 0 Å². The maximum atomic E-state index is 12.2. The molecule has 106 valence electrons. The Balaban J connectivity index is 2.51. The Morgan fingerprint density at radius 3 is 2.70 bits per heavy atom. The van der Waals surface area contributed by atoms with Crippen molar-refractivity contribution in [3.63, 3.8) is 0 Å². The first-order valence-corrected chi connectivity index (χ1v) is 7.69. The van der Waals surface area contributed by atoms with Gasteiger partial charge in [-0.15, -0.1) is 5.10 Å². The quantitative estimate of drug-likeness (QED) is 0.677. The number of nitro groups is 1. The van der Waals surface area contributed by atoms with Gasteiger partial charge in [0, 0.05) is 17.6 Å². The minimum atomic E-state index is -3.97. The number of nitrogens with zero attached hydrogens (tertiary/aromatic N) is 3. The zero-order valence-electron chi connectivity index (χ0n) is 9.90. The summed E-state index contributed by atoms with van der Waals surface area (Å²) in [6.45, 7) is 1.50. The third kappa shape index (κ3) is 2.86. The average molecular weight is 335 g/mol. The molecule has 0 aliphatic rings. The Bertz CT molecular complexity index is 761. The van der Waals surface area contributed by atoms with E-state index in [2.05, 4.69) is 14.3 Å². The zero-order chi connectivity index (χ0) is 14.9. The van der Waals surface area contributed by atoms with Gasteiger partial charge in [0.1, 0.15) is 10.0 Å². The average Bonchev–Trinajstić information content (AvgIpc) is 2.79. The molecule has 0 unspecified atom stereocenters. The molecule has 0 saturated carbocycles. The molecular formula is C9H7ClN4O4S2. The molecule has 0 saturated heterocycles. The van der Waals surface area contributed by atoms with E-state index in [9.17, 15) is 18.5 Å². The van der Waals surface area contributed by atoms with Crippen LogP contribution in [0.1, 0.15) is 5.56 Å². The molecule has 0 atom stereocenters. The number of hydrogen-bond donors (Lipinski definition) is 1. The van der Waals surface area contributed by atoms with Gasteiger partial charge in [0.25, 0.3) is 15.7 Å². The van der Waals surface area contributed by atoms with E-state index in [0.717, 1.165) is 17.6 Å². The second-order valence-corrected chi connectivity index (χ2v) is 6.56. The van der Waals surface area contributed by atoms with Crippen molar-refractivity contribution in [3.05, 3.63) is 39.0 Å². The first kappa shape index (κ1) is 14.6. The fraction of sp³-hybridized carbons (Fsp3) is 0.111. The molecule has 0 amide bonds. The van der Waals surface area contributed by atoms with Crippen molar-refractivity contribution in [2.24, 2.45) is 0 Å². The molecule has 11 heteroatoms. The topological polar surface area (TPSA) is 115 Å². The van der Waals surface area contributed by atoms with Crippen LogP contribution < -0.4 is 4.72 Å². The predicted octanol–water partition coefficient (Wildman–Crippen LogP) is 2.21. The summed E-state index contributed by atoms with van der Waals surface area (Å²) in [5, 5.41) is 14.4. The number of nitrogens with one attached hydrogen (secondary N) is 1. The van der Waals surface area contributed by atoms with Gasteiger partial charge in [-0.25, -0.2) is 8.42 Å². The van der Waals surface area contributed by atoms with E-state index in [1.807, 2.05) is 0 Å². The lowest BCUT2D eigenvalue weighted by molar-refractivity contribution is -0.384. The van der Waals surface area contributed by atoms with Crippen LogP contribution in [0.5, 0.6) is 0 Å². The molecule has 1 aromatic heterocycles. The molecule has 2 rings (SSSR count). The molecule has 0 bridgehead atoms. The van der Waals surface area contributed by atoms with Crippen molar-refractivity contribution in [2.75, 3.05) is 4.72 Å². The van der Waals surface area contributed by atoms with Crippen LogP contribution in [0.3, 0.4) is 0 Å². The van der Waals surface area contributed by atoms with Crippen LogP contribution in [-0.4, -0.2) is 22.9 Å². The van der Waals surface area contributed by atoms with E-state index < -0.39 is 20.6 Å². The lowest BCUT2D eigenvalue weighted by Crippen LogP contribution is -2.14. The predicted molar refractivity (Wildman–Crippen MR) is 73.6 cm³/mol. The lowest BCUT2D eigenvalue weighted by Gasteiger charge is -2.08. The monoisotopic (exact) mass is 334 g/mol. The Hall–Kier alpha value is -1.78. The Morgan fingerprint density at radius 1 is 1.45 bits per heavy atom. The Labute approximate surface area is 122 Å². The van der Waals surface area contributed by atoms with Gasteiger partial charge in [-0.2, -0.15) is 0 Å². The van der Waals surface area contributed by atoms with E-state index in [1.54, 1.807) is 0 Å². The van der Waals surface area contributed by atoms with Crippen molar-refractivity contribution >= 4 is 43.8 Å². The third-order valence-corrected chi connectivity index (χ3v) is 4.85. The maximum Gasteiger partial charge on any atom is 0.289 e. The van der Waals surface area contributed by atoms with Crippen molar-refractivity contribution in [1.82, 2.24) is 9.59 Å². The van der Waals surface area contributed by atoms with Gasteiger partial charge in [-0.05, 0) is 18.6 Å². The molecule has 1 aromatic carbocycles. The summed E-state index contributed by atoms with van der Waals surface area (Å²) in [6.07, 6.45) is 1.24. The number of aryl methyl sites for hydroxylation is 1. The first-order valence-electron chi connectivity index (χ1n) is 5.06. The summed E-state index contributed by atoms with van der Waals surface area (Å²) in [5.74, 6) is 0. The number of hydrogen-bond acceptors (Lipinski definition) is 7. The highest BCUT2D eigenvalue weighted by Gasteiger charge is 2.24. The standard InChI is InChI=1S/C9H7ClN4O4S2/c1-5-2-6(10)7(14(15)16)3-8(5)20(17,18)12-9-4-11-13-19-9/h2-4,12H,1H3. The second-order valence-electron chi connectivity index (χ2n) is 3.71. The van der Waals surface area contributed by atoms with E-state index >= 15 is 0 Å². The van der Waals surface area contributed by atoms with Crippen molar-refractivity contribution in [1.29, 1.82) is 0 Å². The number of benzene rings is 1. The normalized spacial score (nSPS) is 11.3. The maximum absolute atomic E-state index is 12.2. The number of aromatic nitrogens is 2. The highest BCUT2D eigenvalue weighted by molar-refractivity contribution is 7.93. The fourth-order valence-corrected chi connectivity index (χ4v) is 3.69. The third-order valence-electron chi connectivity index (χ3n) is 2.33. The van der Waals surface area contributed by atoms with Gasteiger partial charge in [-0.3, -0.25) is 14.8 Å². The summed E-state index contributed by atoms with van der Waals surface area (Å²) < 4.78 is 30.1. The van der Waals surface area contributed by atoms with Gasteiger partial charge < -0.3 is 0 Å². The SMILES string of the molecule is Cc1cc(Cl)c([N+](=O)[O-])cc1S(=O)(=O)Nc1cnns1. The second kappa shape index (κ2) is 5.31. The number of sulfonamides is 1. The highest BCUT2D eigenvalue weighted by atomic mass is 35.5. The van der Waals surface area contributed by atoms with Crippen LogP contribution in [0.4, 0.5) is 10.7 Å². The molecule has 1 N–H and O–H groups in total. The number of anilines is 1. The largest absolute Gasteiger partial charge is 0.289 e. The van der Waals surface area contributed by atoms with Crippen molar-refractivity contribution in [2.45, 2.75) is 11.8 Å². The fourth-order valence-electron chi connectivity index (χ4n) is 1.47. The molecule has 20 heavy (non-hydrogen) atoms. The summed E-state index contributed by atoms with van der Waals surface area (Å²) in [5.41, 5.74) is -0.175. The van der Waals surface area contributed by atoms with Crippen molar-refractivity contribution < 1.29 is 13.3 Å². The molecule has 0 aliphatic heterocycles. The molecule has 0 fully saturated rings. The van der Waals surface area contributed by atoms with Crippen LogP contribution in [0, 0.1) is 17.0 Å². The summed E-state index contributed by atoms with van der Waals surface area (Å²) in [7, 11) is -3.97. The zero-order valence-corrected chi connectivity index (χ0v) is 12.3. The van der Waals surface area contributed by atoms with Gasteiger partial charge >= 0.3 is 0 Å². The number of rotatable bonds is 4. The van der Waals surface area contributed by atoms with Gasteiger partial charge in [0.15, 0.2) is 0 Å². The van der Waals surface area contributed by atoms with E-state index in [-0.39, 0.29) is 14.9 Å². The Morgan fingerprint density at radius 2 is 2.15 bits per heavy atom. The van der Waals surface area contributed by atoms with Crippen molar-refractivity contribution in [3.8, 4) is 0 Å². The smallest absolute Gasteiger partial charge is 0.268 e. The minimum absolute atomic E-state index is 0.120. The van der Waals surface area contributed by atoms with E-state index in [1.165, 1.54) is 19.2 Å². The highest BCUT2D eigenvalue weighted by Crippen LogP contribution is 2.31. The summed E-state index contributed by atoms with van der Waals surface area (Å²) in [6, 6.07) is 2.16. The molecule has 0 radical (unpaired) electrons. The number of halogens is 1. The van der Waals surface area contributed by atoms with E-state index in [0.29, 0.717) is 5.56 Å². The van der Waals surface area contributed by atoms with Crippen LogP contribution in [-0.2, 0) is 10.0 Å². The van der Waals surface area contributed by atoms with Crippen LogP contribution in [0.15, 0.2) is 23.2 Å². The first-order chi connectivity index (χ1) is 9.31. The Kier molecular flexibility index (Phi) is 3.88. The molecule has 0 spiro atoms. The van der Waals surface area contributed by atoms with Crippen LogP contribution in [0.25, 0.3) is 0 Å². The lowest BCUT2D eigenvalue weighted by atomic mass is 10.2. The molecular weight excluding hydrogens is 328 g/mol. The number of nitro benzene ring substituents is 1. The van der Waals surface area contributed by atoms with E-state index in [4.69, 9.17) is 11.6 Å². The molecule has 1 heterocycles. The molecule has 0 aliphatic carbocycles. The van der Waals surface area contributed by atoms with Crippen LogP contribution in [0.2, 0.25) is 5.02 Å². The summed E-state index contributed by atoms with van der Waals surface area (Å²) in [4.78, 5) is 9.86. The summed E-state index contributed by atoms with van der Waals surface area (Å²) >= 11 is 6.57.